The summed E-state index contributed by atoms with van der Waals surface area (Å²) in [5, 5.41) is 3.40. The van der Waals surface area contributed by atoms with Crippen LogP contribution in [0.1, 0.15) is 24.5 Å². The van der Waals surface area contributed by atoms with Crippen LogP contribution in [0.15, 0.2) is 36.4 Å². The average molecular weight is 387 g/mol. The van der Waals surface area contributed by atoms with Gasteiger partial charge in [-0.1, -0.05) is 17.7 Å². The van der Waals surface area contributed by atoms with Gasteiger partial charge in [0.1, 0.15) is 5.75 Å². The van der Waals surface area contributed by atoms with Gasteiger partial charge in [0.15, 0.2) is 0 Å². The maximum Gasteiger partial charge on any atom is 0.229 e. The SMILES string of the molecule is CCOc1ccc(N2CC(C(=O)Nc3c(C)cc(C)cc3Cl)CC2=O)cc1. The van der Waals surface area contributed by atoms with Gasteiger partial charge in [-0.25, -0.2) is 0 Å². The van der Waals surface area contributed by atoms with Crippen molar-refractivity contribution in [1.82, 2.24) is 0 Å². The molecule has 0 bridgehead atoms. The number of hydrogen-bond acceptors (Lipinski definition) is 3. The number of benzene rings is 2. The van der Waals surface area contributed by atoms with E-state index in [1.807, 2.05) is 57.2 Å². The minimum absolute atomic E-state index is 0.0639. The van der Waals surface area contributed by atoms with Crippen molar-refractivity contribution in [3.8, 4) is 5.75 Å². The second kappa shape index (κ2) is 8.01. The molecule has 2 aromatic rings. The molecule has 1 heterocycles. The van der Waals surface area contributed by atoms with E-state index in [0.29, 0.717) is 23.9 Å². The number of carbonyl (C=O) groups excluding carboxylic acids is 2. The van der Waals surface area contributed by atoms with Gasteiger partial charge in [-0.05, 0) is 62.2 Å². The van der Waals surface area contributed by atoms with Gasteiger partial charge in [0.25, 0.3) is 0 Å². The molecule has 1 fully saturated rings. The second-order valence-corrected chi connectivity index (χ2v) is 7.17. The van der Waals surface area contributed by atoms with Crippen molar-refractivity contribution in [3.63, 3.8) is 0 Å². The second-order valence-electron chi connectivity index (χ2n) is 6.76. The van der Waals surface area contributed by atoms with Crippen molar-refractivity contribution in [2.75, 3.05) is 23.4 Å². The van der Waals surface area contributed by atoms with Gasteiger partial charge in [-0.15, -0.1) is 0 Å². The van der Waals surface area contributed by atoms with Crippen LogP contribution < -0.4 is 15.0 Å². The average Bonchev–Trinajstić information content (AvgIpc) is 3.01. The van der Waals surface area contributed by atoms with Crippen molar-refractivity contribution in [1.29, 1.82) is 0 Å². The topological polar surface area (TPSA) is 58.6 Å². The molecular formula is C21H23ClN2O3. The van der Waals surface area contributed by atoms with Crippen molar-refractivity contribution in [2.45, 2.75) is 27.2 Å². The summed E-state index contributed by atoms with van der Waals surface area (Å²) < 4.78 is 5.43. The van der Waals surface area contributed by atoms with E-state index in [1.54, 1.807) is 4.90 Å². The molecule has 6 heteroatoms. The van der Waals surface area contributed by atoms with E-state index < -0.39 is 5.92 Å². The molecule has 0 spiro atoms. The number of nitrogens with one attached hydrogen (secondary N) is 1. The molecular weight excluding hydrogens is 364 g/mol. The first-order chi connectivity index (χ1) is 12.9. The molecule has 1 aliphatic rings. The number of amides is 2. The van der Waals surface area contributed by atoms with E-state index in [9.17, 15) is 9.59 Å². The molecule has 1 atom stereocenters. The number of hydrogen-bond donors (Lipinski definition) is 1. The number of rotatable bonds is 5. The van der Waals surface area contributed by atoms with Gasteiger partial charge in [-0.2, -0.15) is 0 Å². The third-order valence-electron chi connectivity index (χ3n) is 4.64. The Balaban J connectivity index is 1.70. The summed E-state index contributed by atoms with van der Waals surface area (Å²) in [6.45, 7) is 6.71. The highest BCUT2D eigenvalue weighted by atomic mass is 35.5. The van der Waals surface area contributed by atoms with Crippen LogP contribution >= 0.6 is 11.6 Å². The smallest absolute Gasteiger partial charge is 0.229 e. The van der Waals surface area contributed by atoms with Crippen LogP contribution in [0.3, 0.4) is 0 Å². The van der Waals surface area contributed by atoms with Crippen molar-refractivity contribution >= 4 is 34.8 Å². The maximum absolute atomic E-state index is 12.7. The Morgan fingerprint density at radius 3 is 2.59 bits per heavy atom. The zero-order valence-corrected chi connectivity index (χ0v) is 16.5. The highest BCUT2D eigenvalue weighted by molar-refractivity contribution is 6.34. The fourth-order valence-corrected chi connectivity index (χ4v) is 3.69. The fourth-order valence-electron chi connectivity index (χ4n) is 3.32. The zero-order chi connectivity index (χ0) is 19.6. The van der Waals surface area contributed by atoms with Crippen LogP contribution in [0.2, 0.25) is 5.02 Å². The number of carbonyl (C=O) groups is 2. The molecule has 0 aliphatic carbocycles. The largest absolute Gasteiger partial charge is 0.494 e. The molecule has 0 aromatic heterocycles. The molecule has 5 nitrogen and oxygen atoms in total. The third kappa shape index (κ3) is 4.25. The first-order valence-electron chi connectivity index (χ1n) is 9.00. The summed E-state index contributed by atoms with van der Waals surface area (Å²) in [5.74, 6) is 0.0872. The van der Waals surface area contributed by atoms with E-state index in [4.69, 9.17) is 16.3 Å². The minimum Gasteiger partial charge on any atom is -0.494 e. The summed E-state index contributed by atoms with van der Waals surface area (Å²) >= 11 is 6.28. The fraction of sp³-hybridized carbons (Fsp3) is 0.333. The number of nitrogens with zero attached hydrogens (tertiary/aromatic N) is 1. The predicted octanol–water partition coefficient (Wildman–Crippen LogP) is 4.35. The molecule has 0 radical (unpaired) electrons. The van der Waals surface area contributed by atoms with Crippen LogP contribution in [0.5, 0.6) is 5.75 Å². The van der Waals surface area contributed by atoms with Crippen LogP contribution in [0.4, 0.5) is 11.4 Å². The summed E-state index contributed by atoms with van der Waals surface area (Å²) in [7, 11) is 0. The van der Waals surface area contributed by atoms with Gasteiger partial charge in [0.05, 0.1) is 23.2 Å². The van der Waals surface area contributed by atoms with Gasteiger partial charge in [-0.3, -0.25) is 9.59 Å². The van der Waals surface area contributed by atoms with Crippen LogP contribution in [0.25, 0.3) is 0 Å². The Morgan fingerprint density at radius 1 is 1.26 bits per heavy atom. The standard InChI is InChI=1S/C21H23ClN2O3/c1-4-27-17-7-5-16(6-8-17)24-12-15(11-19(24)25)21(26)23-20-14(3)9-13(2)10-18(20)22/h5-10,15H,4,11-12H2,1-3H3,(H,23,26). The Morgan fingerprint density at radius 2 is 1.96 bits per heavy atom. The van der Waals surface area contributed by atoms with E-state index in [0.717, 1.165) is 22.6 Å². The highest BCUT2D eigenvalue weighted by Crippen LogP contribution is 2.31. The van der Waals surface area contributed by atoms with E-state index >= 15 is 0 Å². The lowest BCUT2D eigenvalue weighted by molar-refractivity contribution is -0.122. The van der Waals surface area contributed by atoms with Gasteiger partial charge in [0.2, 0.25) is 11.8 Å². The molecule has 0 saturated carbocycles. The van der Waals surface area contributed by atoms with E-state index in [2.05, 4.69) is 5.32 Å². The molecule has 3 rings (SSSR count). The number of aryl methyl sites for hydroxylation is 2. The van der Waals surface area contributed by atoms with Crippen molar-refractivity contribution < 1.29 is 14.3 Å². The van der Waals surface area contributed by atoms with Gasteiger partial charge < -0.3 is 15.0 Å². The zero-order valence-electron chi connectivity index (χ0n) is 15.7. The van der Waals surface area contributed by atoms with E-state index in [-0.39, 0.29) is 18.2 Å². The van der Waals surface area contributed by atoms with Gasteiger partial charge >= 0.3 is 0 Å². The number of anilines is 2. The molecule has 2 aromatic carbocycles. The molecule has 2 amide bonds. The number of halogens is 1. The lowest BCUT2D eigenvalue weighted by Gasteiger charge is -2.18. The predicted molar refractivity (Wildman–Crippen MR) is 108 cm³/mol. The molecule has 1 unspecified atom stereocenters. The molecule has 142 valence electrons. The molecule has 1 saturated heterocycles. The van der Waals surface area contributed by atoms with Crippen LogP contribution in [-0.4, -0.2) is 25.0 Å². The summed E-state index contributed by atoms with van der Waals surface area (Å²) in [6, 6.07) is 11.1. The van der Waals surface area contributed by atoms with E-state index in [1.165, 1.54) is 0 Å². The third-order valence-corrected chi connectivity index (χ3v) is 4.93. The monoisotopic (exact) mass is 386 g/mol. The molecule has 1 aliphatic heterocycles. The summed E-state index contributed by atoms with van der Waals surface area (Å²) in [6.07, 6.45) is 0.182. The summed E-state index contributed by atoms with van der Waals surface area (Å²) in [5.41, 5.74) is 3.32. The molecule has 1 N–H and O–H groups in total. The normalized spacial score (nSPS) is 16.5. The Labute approximate surface area is 164 Å². The minimum atomic E-state index is -0.416. The first kappa shape index (κ1) is 19.2. The van der Waals surface area contributed by atoms with Crippen LogP contribution in [-0.2, 0) is 9.59 Å². The summed E-state index contributed by atoms with van der Waals surface area (Å²) in [4.78, 5) is 26.8. The quantitative estimate of drug-likeness (QED) is 0.831. The number of ether oxygens (including phenoxy) is 1. The first-order valence-corrected chi connectivity index (χ1v) is 9.37. The molecule has 27 heavy (non-hydrogen) atoms. The Hall–Kier alpha value is -2.53. The Kier molecular flexibility index (Phi) is 5.71. The van der Waals surface area contributed by atoms with Crippen molar-refractivity contribution in [3.05, 3.63) is 52.5 Å². The Bertz CT molecular complexity index is 841. The highest BCUT2D eigenvalue weighted by Gasteiger charge is 2.35. The lowest BCUT2D eigenvalue weighted by atomic mass is 10.1. The lowest BCUT2D eigenvalue weighted by Crippen LogP contribution is -2.28. The van der Waals surface area contributed by atoms with Gasteiger partial charge in [0, 0.05) is 18.7 Å². The van der Waals surface area contributed by atoms with Crippen LogP contribution in [0, 0.1) is 19.8 Å². The van der Waals surface area contributed by atoms with Crippen molar-refractivity contribution in [2.24, 2.45) is 5.92 Å². The maximum atomic E-state index is 12.7.